The van der Waals surface area contributed by atoms with Gasteiger partial charge in [0.25, 0.3) is 0 Å². The summed E-state index contributed by atoms with van der Waals surface area (Å²) in [6.07, 6.45) is 0. The van der Waals surface area contributed by atoms with Crippen LogP contribution < -0.4 is 0 Å². The van der Waals surface area contributed by atoms with E-state index in [1.165, 1.54) is 26.9 Å². The molecule has 5 aromatic heterocycles. The van der Waals surface area contributed by atoms with Gasteiger partial charge in [0, 0.05) is 60.1 Å². The molecule has 7 nitrogen and oxygen atoms in total. The molecule has 0 amide bonds. The Morgan fingerprint density at radius 1 is 0.294 bits per heavy atom. The van der Waals surface area contributed by atoms with Crippen LogP contribution in [0.2, 0.25) is 0 Å². The maximum absolute atomic E-state index is 6.79. The third-order valence-corrected chi connectivity index (χ3v) is 13.7. The van der Waals surface area contributed by atoms with E-state index in [-0.39, 0.29) is 0 Å². The van der Waals surface area contributed by atoms with E-state index in [0.717, 1.165) is 99.4 Å². The fourth-order valence-corrected chi connectivity index (χ4v) is 10.6. The number of fused-ring (bicyclic) bond motifs is 13. The summed E-state index contributed by atoms with van der Waals surface area (Å²) in [5.74, 6) is 1.64. The van der Waals surface area contributed by atoms with Gasteiger partial charge in [-0.25, -0.2) is 15.0 Å². The van der Waals surface area contributed by atoms with Gasteiger partial charge in [0.05, 0.1) is 33.1 Å². The average molecular weight is 870 g/mol. The van der Waals surface area contributed by atoms with Crippen molar-refractivity contribution in [3.63, 3.8) is 0 Å². The summed E-state index contributed by atoms with van der Waals surface area (Å²) in [5.41, 5.74) is 12.2. The SMILES string of the molecule is c1ccc(-n2c3ccccc3c3ccc(-c4nc(-c5cc(-n6c7ccccc7c7cc8ccccc8cc76)c6c(c5)oc5ccccc56)nc(-c5ccc6oc7ccccc7c6c5)n4)cc32)cc1. The van der Waals surface area contributed by atoms with Crippen LogP contribution in [0.5, 0.6) is 0 Å². The maximum atomic E-state index is 6.79. The first-order chi connectivity index (χ1) is 33.7. The van der Waals surface area contributed by atoms with Crippen molar-refractivity contribution in [3.8, 4) is 45.5 Å². The molecule has 0 atom stereocenters. The van der Waals surface area contributed by atoms with Crippen molar-refractivity contribution in [2.75, 3.05) is 0 Å². The molecule has 0 unspecified atom stereocenters. The zero-order chi connectivity index (χ0) is 44.5. The number of rotatable bonds is 5. The molecule has 68 heavy (non-hydrogen) atoms. The molecule has 0 spiro atoms. The van der Waals surface area contributed by atoms with Gasteiger partial charge in [-0.1, -0.05) is 127 Å². The summed E-state index contributed by atoms with van der Waals surface area (Å²) in [5, 5.41) is 11.2. The van der Waals surface area contributed by atoms with Crippen LogP contribution >= 0.6 is 0 Å². The molecule has 15 aromatic rings. The van der Waals surface area contributed by atoms with Crippen LogP contribution in [0.3, 0.4) is 0 Å². The monoisotopic (exact) mass is 869 g/mol. The van der Waals surface area contributed by atoms with E-state index in [1.54, 1.807) is 0 Å². The van der Waals surface area contributed by atoms with Gasteiger partial charge in [-0.05, 0) is 95.7 Å². The zero-order valence-electron chi connectivity index (χ0n) is 36.3. The highest BCUT2D eigenvalue weighted by molar-refractivity contribution is 6.17. The molecule has 0 saturated carbocycles. The van der Waals surface area contributed by atoms with Crippen molar-refractivity contribution >= 4 is 98.3 Å². The topological polar surface area (TPSA) is 74.8 Å². The number of nitrogens with zero attached hydrogens (tertiary/aromatic N) is 5. The van der Waals surface area contributed by atoms with E-state index in [2.05, 4.69) is 179 Å². The first kappa shape index (κ1) is 36.9. The van der Waals surface area contributed by atoms with Crippen LogP contribution in [-0.2, 0) is 0 Å². The molecule has 5 heterocycles. The molecule has 0 aliphatic carbocycles. The standard InChI is InChI=1S/C61H35N5O2/c1-2-16-41(17-3-1)65-49-22-10-6-18-42(49)44-28-26-39(33-51(44)65)60-62-59(38-27-29-56-48(31-38)45-20-8-12-24-54(45)67-56)63-61(64-60)40-34-53(58-46-21-9-13-25-55(46)68-57(58)35-40)66-50-23-11-7-19-43(50)47-30-36-14-4-5-15-37(36)32-52(47)66/h1-35H. The lowest BCUT2D eigenvalue weighted by Crippen LogP contribution is -2.02. The third-order valence-electron chi connectivity index (χ3n) is 13.7. The number of aromatic nitrogens is 5. The van der Waals surface area contributed by atoms with Crippen molar-refractivity contribution < 1.29 is 8.83 Å². The van der Waals surface area contributed by atoms with Crippen molar-refractivity contribution in [3.05, 3.63) is 212 Å². The molecule has 0 radical (unpaired) electrons. The van der Waals surface area contributed by atoms with Crippen molar-refractivity contribution in [2.45, 2.75) is 0 Å². The predicted octanol–water partition coefficient (Wildman–Crippen LogP) is 16.0. The molecule has 0 saturated heterocycles. The number of hydrogen-bond acceptors (Lipinski definition) is 5. The van der Waals surface area contributed by atoms with E-state index in [4.69, 9.17) is 23.8 Å². The van der Waals surface area contributed by atoms with Crippen molar-refractivity contribution in [1.29, 1.82) is 0 Å². The lowest BCUT2D eigenvalue weighted by Gasteiger charge is -2.14. The zero-order valence-corrected chi connectivity index (χ0v) is 36.3. The fourth-order valence-electron chi connectivity index (χ4n) is 10.6. The highest BCUT2D eigenvalue weighted by Crippen LogP contribution is 2.43. The van der Waals surface area contributed by atoms with E-state index < -0.39 is 0 Å². The van der Waals surface area contributed by atoms with E-state index in [0.29, 0.717) is 17.5 Å². The van der Waals surface area contributed by atoms with Gasteiger partial charge in [-0.2, -0.15) is 0 Å². The number of hydrogen-bond donors (Lipinski definition) is 0. The second-order valence-electron chi connectivity index (χ2n) is 17.6. The van der Waals surface area contributed by atoms with Gasteiger partial charge in [-0.3, -0.25) is 0 Å². The minimum Gasteiger partial charge on any atom is -0.456 e. The minimum atomic E-state index is 0.528. The Bertz CT molecular complexity index is 4570. The number of furan rings is 2. The molecule has 0 N–H and O–H groups in total. The van der Waals surface area contributed by atoms with Crippen molar-refractivity contribution in [2.24, 2.45) is 0 Å². The van der Waals surface area contributed by atoms with Gasteiger partial charge in [0.2, 0.25) is 0 Å². The first-order valence-electron chi connectivity index (χ1n) is 22.8. The highest BCUT2D eigenvalue weighted by atomic mass is 16.3. The quantitative estimate of drug-likeness (QED) is 0.172. The summed E-state index contributed by atoms with van der Waals surface area (Å²) in [4.78, 5) is 16.1. The second kappa shape index (κ2) is 14.1. The number of para-hydroxylation sites is 5. The van der Waals surface area contributed by atoms with E-state index in [9.17, 15) is 0 Å². The Kier molecular flexibility index (Phi) is 7.65. The second-order valence-corrected chi connectivity index (χ2v) is 17.6. The molecule has 0 bridgehead atoms. The average Bonchev–Trinajstić information content (AvgIpc) is 4.15. The Balaban J connectivity index is 1.02. The third kappa shape index (κ3) is 5.44. The highest BCUT2D eigenvalue weighted by Gasteiger charge is 2.23. The Morgan fingerprint density at radius 2 is 0.824 bits per heavy atom. The molecule has 0 aliphatic rings. The van der Waals surface area contributed by atoms with Crippen LogP contribution in [0.25, 0.3) is 144 Å². The van der Waals surface area contributed by atoms with Gasteiger partial charge in [-0.15, -0.1) is 0 Å². The minimum absolute atomic E-state index is 0.528. The van der Waals surface area contributed by atoms with Gasteiger partial charge in [0.1, 0.15) is 22.3 Å². The smallest absolute Gasteiger partial charge is 0.164 e. The number of benzene rings is 10. The normalized spacial score (nSPS) is 12.1. The maximum Gasteiger partial charge on any atom is 0.164 e. The molecule has 7 heteroatoms. The fraction of sp³-hybridized carbons (Fsp3) is 0. The molecular weight excluding hydrogens is 835 g/mol. The van der Waals surface area contributed by atoms with E-state index >= 15 is 0 Å². The lowest BCUT2D eigenvalue weighted by molar-refractivity contribution is 0.668. The van der Waals surface area contributed by atoms with Gasteiger partial charge >= 0.3 is 0 Å². The van der Waals surface area contributed by atoms with Gasteiger partial charge < -0.3 is 18.0 Å². The van der Waals surface area contributed by atoms with Crippen LogP contribution in [0, 0.1) is 0 Å². The molecule has 316 valence electrons. The summed E-state index contributed by atoms with van der Waals surface area (Å²) in [6.45, 7) is 0. The van der Waals surface area contributed by atoms with Crippen molar-refractivity contribution in [1.82, 2.24) is 24.1 Å². The Morgan fingerprint density at radius 3 is 1.60 bits per heavy atom. The predicted molar refractivity (Wildman–Crippen MR) is 277 cm³/mol. The molecule has 0 aliphatic heterocycles. The summed E-state index contributed by atoms with van der Waals surface area (Å²) >= 11 is 0. The molecule has 15 rings (SSSR count). The van der Waals surface area contributed by atoms with Crippen LogP contribution in [-0.4, -0.2) is 24.1 Å². The van der Waals surface area contributed by atoms with Crippen LogP contribution in [0.4, 0.5) is 0 Å². The molecule has 0 fully saturated rings. The first-order valence-corrected chi connectivity index (χ1v) is 22.8. The Labute approximate surface area is 387 Å². The molecular formula is C61H35N5O2. The van der Waals surface area contributed by atoms with Gasteiger partial charge in [0.15, 0.2) is 17.5 Å². The summed E-state index contributed by atoms with van der Waals surface area (Å²) < 4.78 is 17.8. The Hall–Kier alpha value is -9.33. The summed E-state index contributed by atoms with van der Waals surface area (Å²) in [6, 6.07) is 74.5. The summed E-state index contributed by atoms with van der Waals surface area (Å²) in [7, 11) is 0. The van der Waals surface area contributed by atoms with Crippen LogP contribution in [0.15, 0.2) is 221 Å². The largest absolute Gasteiger partial charge is 0.456 e. The molecule has 10 aromatic carbocycles. The lowest BCUT2D eigenvalue weighted by atomic mass is 10.0. The van der Waals surface area contributed by atoms with Crippen LogP contribution in [0.1, 0.15) is 0 Å². The van der Waals surface area contributed by atoms with E-state index in [1.807, 2.05) is 42.5 Å².